The van der Waals surface area contributed by atoms with E-state index in [2.05, 4.69) is 15.3 Å². The number of benzene rings is 1. The second-order valence-corrected chi connectivity index (χ2v) is 5.61. The summed E-state index contributed by atoms with van der Waals surface area (Å²) in [6.07, 6.45) is 0.728. The van der Waals surface area contributed by atoms with Crippen molar-refractivity contribution in [1.82, 2.24) is 9.97 Å². The van der Waals surface area contributed by atoms with Gasteiger partial charge in [-0.3, -0.25) is 0 Å². The maximum atomic E-state index is 6.20. The van der Waals surface area contributed by atoms with Crippen molar-refractivity contribution in [1.29, 1.82) is 0 Å². The number of anilines is 1. The molecule has 0 bridgehead atoms. The normalized spacial score (nSPS) is 12.2. The molecule has 0 fully saturated rings. The molecule has 0 saturated heterocycles. The molecule has 0 amide bonds. The van der Waals surface area contributed by atoms with Gasteiger partial charge in [-0.2, -0.15) is 0 Å². The van der Waals surface area contributed by atoms with Gasteiger partial charge in [-0.15, -0.1) is 0 Å². The van der Waals surface area contributed by atoms with Crippen LogP contribution in [0.25, 0.3) is 0 Å². The van der Waals surface area contributed by atoms with Gasteiger partial charge in [0, 0.05) is 22.5 Å². The van der Waals surface area contributed by atoms with Gasteiger partial charge in [0.15, 0.2) is 0 Å². The standard InChI is InChI=1S/C14H14Cl3N3/c1-3-13-19-12(17)7-14(20-13)18-8(2)10-5-4-9(15)6-11(10)16/h4-8H,3H2,1-2H3,(H,18,19,20). The Morgan fingerprint density at radius 2 is 1.90 bits per heavy atom. The van der Waals surface area contributed by atoms with Gasteiger partial charge in [0.2, 0.25) is 0 Å². The van der Waals surface area contributed by atoms with Gasteiger partial charge in [0.05, 0.1) is 6.04 Å². The third-order valence-corrected chi connectivity index (χ3v) is 3.61. The van der Waals surface area contributed by atoms with Crippen molar-refractivity contribution >= 4 is 40.6 Å². The Morgan fingerprint density at radius 1 is 1.15 bits per heavy atom. The first-order valence-corrected chi connectivity index (χ1v) is 7.38. The van der Waals surface area contributed by atoms with Crippen LogP contribution in [-0.2, 0) is 6.42 Å². The summed E-state index contributed by atoms with van der Waals surface area (Å²) < 4.78 is 0. The molecule has 3 nitrogen and oxygen atoms in total. The molecule has 0 aliphatic heterocycles. The maximum absolute atomic E-state index is 6.20. The minimum absolute atomic E-state index is 0.0181. The van der Waals surface area contributed by atoms with E-state index in [1.165, 1.54) is 0 Å². The fourth-order valence-electron chi connectivity index (χ4n) is 1.85. The van der Waals surface area contributed by atoms with Crippen LogP contribution in [0.2, 0.25) is 15.2 Å². The zero-order valence-electron chi connectivity index (χ0n) is 11.1. The molecule has 20 heavy (non-hydrogen) atoms. The highest BCUT2D eigenvalue weighted by Crippen LogP contribution is 2.28. The number of hydrogen-bond acceptors (Lipinski definition) is 3. The number of aromatic nitrogens is 2. The summed E-state index contributed by atoms with van der Waals surface area (Å²) in [5.74, 6) is 1.38. The van der Waals surface area contributed by atoms with E-state index in [4.69, 9.17) is 34.8 Å². The van der Waals surface area contributed by atoms with E-state index in [0.717, 1.165) is 12.0 Å². The summed E-state index contributed by atoms with van der Waals surface area (Å²) in [6.45, 7) is 3.98. The van der Waals surface area contributed by atoms with Crippen LogP contribution >= 0.6 is 34.8 Å². The Balaban J connectivity index is 2.22. The smallest absolute Gasteiger partial charge is 0.134 e. The molecule has 1 aromatic heterocycles. The first kappa shape index (κ1) is 15.4. The first-order chi connectivity index (χ1) is 9.49. The number of aryl methyl sites for hydroxylation is 1. The van der Waals surface area contributed by atoms with E-state index < -0.39 is 0 Å². The van der Waals surface area contributed by atoms with Crippen molar-refractivity contribution in [2.24, 2.45) is 0 Å². The highest BCUT2D eigenvalue weighted by Gasteiger charge is 2.11. The van der Waals surface area contributed by atoms with Crippen LogP contribution in [0.15, 0.2) is 24.3 Å². The number of hydrogen-bond donors (Lipinski definition) is 1. The number of rotatable bonds is 4. The predicted octanol–water partition coefficient (Wildman–Crippen LogP) is 5.17. The van der Waals surface area contributed by atoms with Crippen molar-refractivity contribution in [3.63, 3.8) is 0 Å². The van der Waals surface area contributed by atoms with Gasteiger partial charge in [0.1, 0.15) is 16.8 Å². The van der Waals surface area contributed by atoms with Crippen LogP contribution in [0.1, 0.15) is 31.3 Å². The van der Waals surface area contributed by atoms with Crippen LogP contribution in [0.3, 0.4) is 0 Å². The van der Waals surface area contributed by atoms with Gasteiger partial charge in [-0.25, -0.2) is 9.97 Å². The SMILES string of the molecule is CCc1nc(Cl)cc(NC(C)c2ccc(Cl)cc2Cl)n1. The number of nitrogens with one attached hydrogen (secondary N) is 1. The molecule has 6 heteroatoms. The van der Waals surface area contributed by atoms with Crippen molar-refractivity contribution < 1.29 is 0 Å². The molecule has 2 aromatic rings. The molecule has 2 rings (SSSR count). The molecule has 106 valence electrons. The summed E-state index contributed by atoms with van der Waals surface area (Å²) in [4.78, 5) is 8.52. The van der Waals surface area contributed by atoms with E-state index in [9.17, 15) is 0 Å². The van der Waals surface area contributed by atoms with Crippen molar-refractivity contribution in [2.45, 2.75) is 26.3 Å². The summed E-state index contributed by atoms with van der Waals surface area (Å²) in [5, 5.41) is 4.93. The van der Waals surface area contributed by atoms with E-state index >= 15 is 0 Å². The van der Waals surface area contributed by atoms with Crippen LogP contribution in [0.4, 0.5) is 5.82 Å². The zero-order valence-corrected chi connectivity index (χ0v) is 13.4. The summed E-state index contributed by atoms with van der Waals surface area (Å²) >= 11 is 18.1. The average molecular weight is 331 g/mol. The Labute approximate surface area is 133 Å². The Bertz CT molecular complexity index is 617. The van der Waals surface area contributed by atoms with E-state index in [-0.39, 0.29) is 6.04 Å². The minimum Gasteiger partial charge on any atom is -0.363 e. The van der Waals surface area contributed by atoms with Gasteiger partial charge in [-0.05, 0) is 24.6 Å². The summed E-state index contributed by atoms with van der Waals surface area (Å²) in [5.41, 5.74) is 0.948. The van der Waals surface area contributed by atoms with E-state index in [1.807, 2.05) is 26.0 Å². The fraction of sp³-hybridized carbons (Fsp3) is 0.286. The summed E-state index contributed by atoms with van der Waals surface area (Å²) in [7, 11) is 0. The molecule has 0 radical (unpaired) electrons. The lowest BCUT2D eigenvalue weighted by Gasteiger charge is -2.17. The maximum Gasteiger partial charge on any atom is 0.134 e. The van der Waals surface area contributed by atoms with E-state index in [0.29, 0.717) is 26.8 Å². The average Bonchev–Trinajstić information content (AvgIpc) is 2.37. The first-order valence-electron chi connectivity index (χ1n) is 6.24. The lowest BCUT2D eigenvalue weighted by atomic mass is 10.1. The monoisotopic (exact) mass is 329 g/mol. The molecule has 0 spiro atoms. The number of nitrogens with zero attached hydrogens (tertiary/aromatic N) is 2. The molecule has 0 aliphatic rings. The molecule has 0 saturated carbocycles. The van der Waals surface area contributed by atoms with Crippen LogP contribution in [0, 0.1) is 0 Å². The molecule has 1 unspecified atom stereocenters. The van der Waals surface area contributed by atoms with E-state index in [1.54, 1.807) is 12.1 Å². The largest absolute Gasteiger partial charge is 0.363 e. The molecule has 1 N–H and O–H groups in total. The lowest BCUT2D eigenvalue weighted by molar-refractivity contribution is 0.857. The molecule has 0 aliphatic carbocycles. The van der Waals surface area contributed by atoms with Crippen molar-refractivity contribution in [2.75, 3.05) is 5.32 Å². The molecule has 1 heterocycles. The Kier molecular flexibility index (Phi) is 5.08. The van der Waals surface area contributed by atoms with Crippen LogP contribution < -0.4 is 5.32 Å². The zero-order chi connectivity index (χ0) is 14.7. The predicted molar refractivity (Wildman–Crippen MR) is 84.9 cm³/mol. The highest BCUT2D eigenvalue weighted by molar-refractivity contribution is 6.35. The molecule has 1 atom stereocenters. The summed E-state index contributed by atoms with van der Waals surface area (Å²) in [6, 6.07) is 7.11. The minimum atomic E-state index is -0.0181. The highest BCUT2D eigenvalue weighted by atomic mass is 35.5. The third kappa shape index (κ3) is 3.75. The Morgan fingerprint density at radius 3 is 2.55 bits per heavy atom. The van der Waals surface area contributed by atoms with Crippen molar-refractivity contribution in [3.05, 3.63) is 50.9 Å². The Hall–Kier alpha value is -1.03. The molecular weight excluding hydrogens is 317 g/mol. The fourth-order valence-corrected chi connectivity index (χ4v) is 2.62. The van der Waals surface area contributed by atoms with Gasteiger partial charge in [0.25, 0.3) is 0 Å². The lowest BCUT2D eigenvalue weighted by Crippen LogP contribution is -2.10. The molecule has 1 aromatic carbocycles. The van der Waals surface area contributed by atoms with Gasteiger partial charge >= 0.3 is 0 Å². The van der Waals surface area contributed by atoms with Crippen LogP contribution in [0.5, 0.6) is 0 Å². The quantitative estimate of drug-likeness (QED) is 0.786. The third-order valence-electron chi connectivity index (χ3n) is 2.85. The second-order valence-electron chi connectivity index (χ2n) is 4.38. The van der Waals surface area contributed by atoms with Gasteiger partial charge < -0.3 is 5.32 Å². The van der Waals surface area contributed by atoms with Crippen molar-refractivity contribution in [3.8, 4) is 0 Å². The topological polar surface area (TPSA) is 37.8 Å². The second kappa shape index (κ2) is 6.61. The van der Waals surface area contributed by atoms with Crippen LogP contribution in [-0.4, -0.2) is 9.97 Å². The number of halogens is 3. The van der Waals surface area contributed by atoms with Gasteiger partial charge in [-0.1, -0.05) is 47.8 Å². The molecular formula is C14H14Cl3N3.